The maximum Gasteiger partial charge on any atom is 0.230 e. The van der Waals surface area contributed by atoms with Crippen LogP contribution in [0.3, 0.4) is 0 Å². The number of rotatable bonds is 5. The standard InChI is InChI=1S/C36H41N3O2/c40-33(35-15-21-7-22(16-35)9-23(8-21)17-35)37-29-4-1-27(2-5-29)31-13-28-3-6-30(14-32(28)39-31)38-34(41)36-18-24-10-25(19-36)12-26(11-24)20-36/h1-6,13-14,21-26,39H,7-12,15-20H2,(H,37,40)(H,38,41). The van der Waals surface area contributed by atoms with Crippen molar-refractivity contribution in [2.24, 2.45) is 46.3 Å². The number of aromatic amines is 1. The Bertz CT molecular complexity index is 1480. The maximum absolute atomic E-state index is 13.6. The third kappa shape index (κ3) is 4.01. The Labute approximate surface area is 242 Å². The highest BCUT2D eigenvalue weighted by Crippen LogP contribution is 2.61. The van der Waals surface area contributed by atoms with Crippen molar-refractivity contribution >= 4 is 34.1 Å². The fraction of sp³-hybridized carbons (Fsp3) is 0.556. The second-order valence-electron chi connectivity index (χ2n) is 15.4. The predicted molar refractivity (Wildman–Crippen MR) is 162 cm³/mol. The Balaban J connectivity index is 0.896. The van der Waals surface area contributed by atoms with E-state index in [2.05, 4.69) is 45.9 Å². The van der Waals surface area contributed by atoms with Gasteiger partial charge >= 0.3 is 0 Å². The molecule has 8 aliphatic rings. The first-order valence-corrected chi connectivity index (χ1v) is 16.3. The van der Waals surface area contributed by atoms with Crippen LogP contribution in [0.4, 0.5) is 11.4 Å². The highest BCUT2D eigenvalue weighted by molar-refractivity contribution is 5.98. The van der Waals surface area contributed by atoms with Crippen LogP contribution in [0.25, 0.3) is 22.2 Å². The van der Waals surface area contributed by atoms with Crippen LogP contribution in [0.2, 0.25) is 0 Å². The fourth-order valence-electron chi connectivity index (χ4n) is 11.4. The maximum atomic E-state index is 13.6. The summed E-state index contributed by atoms with van der Waals surface area (Å²) in [5.74, 6) is 5.07. The largest absolute Gasteiger partial charge is 0.354 e. The number of H-pyrrole nitrogens is 1. The number of carbonyl (C=O) groups is 2. The van der Waals surface area contributed by atoms with E-state index in [9.17, 15) is 9.59 Å². The van der Waals surface area contributed by atoms with E-state index in [4.69, 9.17) is 0 Å². The summed E-state index contributed by atoms with van der Waals surface area (Å²) in [4.78, 5) is 30.6. The van der Waals surface area contributed by atoms with Crippen molar-refractivity contribution < 1.29 is 9.59 Å². The van der Waals surface area contributed by atoms with Gasteiger partial charge in [0.05, 0.1) is 10.8 Å². The van der Waals surface area contributed by atoms with E-state index < -0.39 is 0 Å². The molecule has 41 heavy (non-hydrogen) atoms. The predicted octanol–water partition coefficient (Wildman–Crippen LogP) is 8.14. The number of amides is 2. The molecule has 1 heterocycles. The molecule has 0 unspecified atom stereocenters. The monoisotopic (exact) mass is 547 g/mol. The molecular weight excluding hydrogens is 506 g/mol. The van der Waals surface area contributed by atoms with Crippen molar-refractivity contribution in [2.45, 2.75) is 77.0 Å². The average Bonchev–Trinajstić information content (AvgIpc) is 3.35. The van der Waals surface area contributed by atoms with Crippen molar-refractivity contribution in [2.75, 3.05) is 10.6 Å². The van der Waals surface area contributed by atoms with Gasteiger partial charge in [-0.05, 0) is 148 Å². The molecule has 3 N–H and O–H groups in total. The van der Waals surface area contributed by atoms with Crippen molar-refractivity contribution in [1.82, 2.24) is 4.98 Å². The Morgan fingerprint density at radius 3 is 1.51 bits per heavy atom. The SMILES string of the molecule is O=C(Nc1ccc(-c2cc3ccc(NC(=O)C45CC6CC(CC(C6)C4)C5)cc3[nH]2)cc1)C12CC3CC(CC(C3)C1)C2. The minimum absolute atomic E-state index is 0.132. The van der Waals surface area contributed by atoms with Crippen LogP contribution in [0.15, 0.2) is 48.5 Å². The molecule has 2 amide bonds. The zero-order chi connectivity index (χ0) is 27.3. The van der Waals surface area contributed by atoms with E-state index in [0.717, 1.165) is 108 Å². The lowest BCUT2D eigenvalue weighted by Gasteiger charge is -2.55. The summed E-state index contributed by atoms with van der Waals surface area (Å²) < 4.78 is 0. The topological polar surface area (TPSA) is 74.0 Å². The highest BCUT2D eigenvalue weighted by Gasteiger charge is 2.55. The van der Waals surface area contributed by atoms with Gasteiger partial charge < -0.3 is 15.6 Å². The first kappa shape index (κ1) is 24.5. The van der Waals surface area contributed by atoms with Crippen LogP contribution in [0.5, 0.6) is 0 Å². The van der Waals surface area contributed by atoms with Crippen molar-refractivity contribution in [3.63, 3.8) is 0 Å². The molecule has 8 fully saturated rings. The molecule has 0 spiro atoms. The number of hydrogen-bond donors (Lipinski definition) is 3. The van der Waals surface area contributed by atoms with Crippen LogP contribution in [0, 0.1) is 46.3 Å². The van der Waals surface area contributed by atoms with Crippen LogP contribution in [0.1, 0.15) is 77.0 Å². The van der Waals surface area contributed by atoms with Crippen molar-refractivity contribution in [1.29, 1.82) is 0 Å². The fourth-order valence-corrected chi connectivity index (χ4v) is 11.4. The molecule has 212 valence electrons. The van der Waals surface area contributed by atoms with Gasteiger partial charge in [0.2, 0.25) is 11.8 Å². The molecule has 8 aliphatic carbocycles. The third-order valence-electron chi connectivity index (χ3n) is 12.4. The van der Waals surface area contributed by atoms with Crippen molar-refractivity contribution in [3.05, 3.63) is 48.5 Å². The van der Waals surface area contributed by atoms with E-state index in [1.807, 2.05) is 18.2 Å². The number of nitrogens with one attached hydrogen (secondary N) is 3. The van der Waals surface area contributed by atoms with Gasteiger partial charge in [-0.1, -0.05) is 18.2 Å². The van der Waals surface area contributed by atoms with Gasteiger partial charge in [0.15, 0.2) is 0 Å². The van der Waals surface area contributed by atoms with Gasteiger partial charge in [0.25, 0.3) is 0 Å². The molecule has 5 heteroatoms. The molecule has 8 bridgehead atoms. The van der Waals surface area contributed by atoms with Gasteiger partial charge in [-0.2, -0.15) is 0 Å². The summed E-state index contributed by atoms with van der Waals surface area (Å²) in [7, 11) is 0. The third-order valence-corrected chi connectivity index (χ3v) is 12.4. The molecule has 3 aromatic rings. The zero-order valence-electron chi connectivity index (χ0n) is 23.9. The molecular formula is C36H41N3O2. The van der Waals surface area contributed by atoms with Gasteiger partial charge in [-0.3, -0.25) is 9.59 Å². The lowest BCUT2D eigenvalue weighted by Crippen LogP contribution is -2.51. The first-order valence-electron chi connectivity index (χ1n) is 16.3. The molecule has 0 radical (unpaired) electrons. The Morgan fingerprint density at radius 1 is 0.585 bits per heavy atom. The number of aromatic nitrogens is 1. The van der Waals surface area contributed by atoms with Gasteiger partial charge in [0.1, 0.15) is 0 Å². The highest BCUT2D eigenvalue weighted by atomic mass is 16.2. The molecule has 8 saturated carbocycles. The Morgan fingerprint density at radius 2 is 1.02 bits per heavy atom. The van der Waals surface area contributed by atoms with Crippen molar-refractivity contribution in [3.8, 4) is 11.3 Å². The normalized spacial score (nSPS) is 38.0. The minimum atomic E-state index is -0.141. The summed E-state index contributed by atoms with van der Waals surface area (Å²) >= 11 is 0. The quantitative estimate of drug-likeness (QED) is 0.302. The summed E-state index contributed by atoms with van der Waals surface area (Å²) in [6.45, 7) is 0. The molecule has 0 saturated heterocycles. The van der Waals surface area contributed by atoms with E-state index in [0.29, 0.717) is 0 Å². The van der Waals surface area contributed by atoms with Crippen LogP contribution < -0.4 is 10.6 Å². The van der Waals surface area contributed by atoms with Gasteiger partial charge in [0, 0.05) is 28.0 Å². The Kier molecular flexibility index (Phi) is 5.21. The van der Waals surface area contributed by atoms with E-state index in [-0.39, 0.29) is 22.6 Å². The summed E-state index contributed by atoms with van der Waals surface area (Å²) in [6, 6.07) is 16.7. The molecule has 0 aliphatic heterocycles. The molecule has 1 aromatic heterocycles. The molecule has 5 nitrogen and oxygen atoms in total. The van der Waals surface area contributed by atoms with Gasteiger partial charge in [-0.15, -0.1) is 0 Å². The summed E-state index contributed by atoms with van der Waals surface area (Å²) in [5.41, 5.74) is 4.67. The van der Waals surface area contributed by atoms with Crippen LogP contribution >= 0.6 is 0 Å². The molecule has 2 aromatic carbocycles. The molecule has 0 atom stereocenters. The number of benzene rings is 2. The first-order chi connectivity index (χ1) is 19.9. The minimum Gasteiger partial charge on any atom is -0.354 e. The summed E-state index contributed by atoms with van der Waals surface area (Å²) in [6.07, 6.45) is 14.6. The second kappa shape index (κ2) is 8.72. The van der Waals surface area contributed by atoms with E-state index >= 15 is 0 Å². The van der Waals surface area contributed by atoms with Crippen LogP contribution in [-0.4, -0.2) is 16.8 Å². The van der Waals surface area contributed by atoms with Crippen LogP contribution in [-0.2, 0) is 9.59 Å². The lowest BCUT2D eigenvalue weighted by atomic mass is 9.49. The average molecular weight is 548 g/mol. The number of anilines is 2. The second-order valence-corrected chi connectivity index (χ2v) is 15.4. The Hall–Kier alpha value is -3.08. The number of carbonyl (C=O) groups excluding carboxylic acids is 2. The zero-order valence-corrected chi connectivity index (χ0v) is 23.9. The lowest BCUT2D eigenvalue weighted by molar-refractivity contribution is -0.141. The summed E-state index contributed by atoms with van der Waals surface area (Å²) in [5, 5.41) is 7.73. The van der Waals surface area contributed by atoms with E-state index in [1.165, 1.54) is 38.5 Å². The smallest absolute Gasteiger partial charge is 0.230 e. The number of hydrogen-bond acceptors (Lipinski definition) is 2. The van der Waals surface area contributed by atoms with E-state index in [1.54, 1.807) is 0 Å². The number of fused-ring (bicyclic) bond motifs is 1. The van der Waals surface area contributed by atoms with Gasteiger partial charge in [-0.25, -0.2) is 0 Å². The molecule has 11 rings (SSSR count).